The van der Waals surface area contributed by atoms with E-state index >= 15 is 0 Å². The lowest BCUT2D eigenvalue weighted by Gasteiger charge is -2.35. The van der Waals surface area contributed by atoms with E-state index in [-0.39, 0.29) is 29.7 Å². The zero-order valence-corrected chi connectivity index (χ0v) is 10.6. The van der Waals surface area contributed by atoms with Gasteiger partial charge in [0.1, 0.15) is 5.82 Å². The van der Waals surface area contributed by atoms with Crippen LogP contribution in [0, 0.1) is 11.7 Å². The third kappa shape index (κ3) is 2.35. The number of nitrogens with two attached hydrogens (primary N) is 1. The summed E-state index contributed by atoms with van der Waals surface area (Å²) in [6, 6.07) is 6.30. The Balaban J connectivity index is 1.76. The fourth-order valence-electron chi connectivity index (χ4n) is 2.75. The largest absolute Gasteiger partial charge is 0.328 e. The second-order valence-electron chi connectivity index (χ2n) is 5.29. The molecule has 1 aliphatic heterocycles. The Morgan fingerprint density at radius 1 is 1.42 bits per heavy atom. The molecule has 1 amide bonds. The van der Waals surface area contributed by atoms with Crippen molar-refractivity contribution in [1.29, 1.82) is 0 Å². The second kappa shape index (κ2) is 4.90. The summed E-state index contributed by atoms with van der Waals surface area (Å²) in [6.07, 6.45) is 2.14. The summed E-state index contributed by atoms with van der Waals surface area (Å²) in [7, 11) is 0. The lowest BCUT2D eigenvalue weighted by Crippen LogP contribution is -2.46. The molecule has 1 aromatic carbocycles. The summed E-state index contributed by atoms with van der Waals surface area (Å²) in [6.45, 7) is 0.492. The zero-order chi connectivity index (χ0) is 13.4. The van der Waals surface area contributed by atoms with E-state index in [4.69, 9.17) is 10.6 Å². The fourth-order valence-corrected chi connectivity index (χ4v) is 2.75. The van der Waals surface area contributed by atoms with Crippen LogP contribution in [0.15, 0.2) is 24.3 Å². The Labute approximate surface area is 111 Å². The van der Waals surface area contributed by atoms with E-state index in [0.29, 0.717) is 25.9 Å². The normalized spacial score (nSPS) is 30.2. The maximum absolute atomic E-state index is 13.3. The molecule has 1 heterocycles. The lowest BCUT2D eigenvalue weighted by molar-refractivity contribution is -0.185. The van der Waals surface area contributed by atoms with Gasteiger partial charge in [-0.2, -0.15) is 0 Å². The minimum Gasteiger partial charge on any atom is -0.328 e. The van der Waals surface area contributed by atoms with E-state index < -0.39 is 0 Å². The van der Waals surface area contributed by atoms with E-state index in [1.807, 2.05) is 6.07 Å². The van der Waals surface area contributed by atoms with Crippen molar-refractivity contribution in [2.24, 2.45) is 11.7 Å². The van der Waals surface area contributed by atoms with Gasteiger partial charge in [0.2, 0.25) is 5.91 Å². The van der Waals surface area contributed by atoms with Crippen LogP contribution in [0.3, 0.4) is 0 Å². The molecule has 0 spiro atoms. The predicted octanol–water partition coefficient (Wildman–Crippen LogP) is 1.77. The first-order valence-electron chi connectivity index (χ1n) is 6.62. The quantitative estimate of drug-likeness (QED) is 0.885. The van der Waals surface area contributed by atoms with Crippen LogP contribution in [0.4, 0.5) is 4.39 Å². The maximum atomic E-state index is 13.3. The first kappa shape index (κ1) is 12.6. The van der Waals surface area contributed by atoms with Crippen LogP contribution in [0.1, 0.15) is 30.9 Å². The van der Waals surface area contributed by atoms with Crippen molar-refractivity contribution in [3.63, 3.8) is 0 Å². The number of benzene rings is 1. The third-order valence-corrected chi connectivity index (χ3v) is 3.88. The molecule has 1 aliphatic carbocycles. The number of halogens is 1. The number of carbonyl (C=O) groups excluding carboxylic acids is 1. The number of rotatable bonds is 2. The molecule has 2 fully saturated rings. The molecule has 0 bridgehead atoms. The van der Waals surface area contributed by atoms with Gasteiger partial charge >= 0.3 is 0 Å². The first-order chi connectivity index (χ1) is 9.15. The molecule has 1 saturated heterocycles. The van der Waals surface area contributed by atoms with Gasteiger partial charge in [-0.25, -0.2) is 9.45 Å². The molecule has 102 valence electrons. The minimum absolute atomic E-state index is 0.0199. The molecule has 1 saturated carbocycles. The van der Waals surface area contributed by atoms with Crippen LogP contribution < -0.4 is 5.73 Å². The summed E-state index contributed by atoms with van der Waals surface area (Å²) in [4.78, 5) is 17.7. The highest BCUT2D eigenvalue weighted by Gasteiger charge is 2.40. The molecule has 1 atom stereocenters. The predicted molar refractivity (Wildman–Crippen MR) is 67.3 cm³/mol. The van der Waals surface area contributed by atoms with Crippen LogP contribution in [0.5, 0.6) is 0 Å². The van der Waals surface area contributed by atoms with Crippen molar-refractivity contribution in [2.75, 3.05) is 6.61 Å². The number of nitrogens with zero attached hydrogens (tertiary/aromatic N) is 1. The highest BCUT2D eigenvalue weighted by molar-refractivity contribution is 5.79. The SMILES string of the molecule is N[C@H]1C[C@@H](C(=O)N2OCC[C@H]2c2cccc(F)c2)C1. The molecule has 3 rings (SSSR count). The maximum Gasteiger partial charge on any atom is 0.249 e. The van der Waals surface area contributed by atoms with E-state index in [9.17, 15) is 9.18 Å². The lowest BCUT2D eigenvalue weighted by atomic mass is 9.80. The molecule has 5 heteroatoms. The van der Waals surface area contributed by atoms with Crippen molar-refractivity contribution in [1.82, 2.24) is 5.06 Å². The summed E-state index contributed by atoms with van der Waals surface area (Å²) in [5, 5.41) is 1.42. The molecule has 1 aromatic rings. The third-order valence-electron chi connectivity index (χ3n) is 3.88. The van der Waals surface area contributed by atoms with Gasteiger partial charge in [-0.05, 0) is 30.5 Å². The number of hydrogen-bond acceptors (Lipinski definition) is 3. The van der Waals surface area contributed by atoms with Gasteiger partial charge in [-0.15, -0.1) is 0 Å². The summed E-state index contributed by atoms with van der Waals surface area (Å²) in [5.74, 6) is -0.347. The zero-order valence-electron chi connectivity index (χ0n) is 10.6. The number of carbonyl (C=O) groups is 1. The Morgan fingerprint density at radius 2 is 2.21 bits per heavy atom. The molecule has 0 aromatic heterocycles. The van der Waals surface area contributed by atoms with Gasteiger partial charge < -0.3 is 5.73 Å². The summed E-state index contributed by atoms with van der Waals surface area (Å²) >= 11 is 0. The van der Waals surface area contributed by atoms with Gasteiger partial charge in [0, 0.05) is 18.4 Å². The van der Waals surface area contributed by atoms with Gasteiger partial charge in [-0.3, -0.25) is 9.63 Å². The average Bonchev–Trinajstić information content (AvgIpc) is 2.83. The number of amides is 1. The molecule has 2 aliphatic rings. The van der Waals surface area contributed by atoms with E-state index in [0.717, 1.165) is 5.56 Å². The van der Waals surface area contributed by atoms with E-state index in [1.54, 1.807) is 6.07 Å². The Kier molecular flexibility index (Phi) is 3.24. The van der Waals surface area contributed by atoms with Crippen molar-refractivity contribution < 1.29 is 14.0 Å². The molecule has 0 radical (unpaired) electrons. The molecule has 19 heavy (non-hydrogen) atoms. The van der Waals surface area contributed by atoms with Crippen molar-refractivity contribution in [3.05, 3.63) is 35.6 Å². The molecule has 4 nitrogen and oxygen atoms in total. The highest BCUT2D eigenvalue weighted by Crippen LogP contribution is 2.35. The Bertz CT molecular complexity index is 488. The Hall–Kier alpha value is -1.46. The smallest absolute Gasteiger partial charge is 0.249 e. The Morgan fingerprint density at radius 3 is 2.89 bits per heavy atom. The molecule has 0 unspecified atom stereocenters. The van der Waals surface area contributed by atoms with Gasteiger partial charge in [0.15, 0.2) is 0 Å². The molecular weight excluding hydrogens is 247 g/mol. The van der Waals surface area contributed by atoms with Gasteiger partial charge in [-0.1, -0.05) is 12.1 Å². The number of hydrogen-bond donors (Lipinski definition) is 1. The van der Waals surface area contributed by atoms with E-state index in [1.165, 1.54) is 17.2 Å². The van der Waals surface area contributed by atoms with Crippen LogP contribution >= 0.6 is 0 Å². The topological polar surface area (TPSA) is 55.6 Å². The monoisotopic (exact) mass is 264 g/mol. The summed E-state index contributed by atoms with van der Waals surface area (Å²) in [5.41, 5.74) is 6.50. The van der Waals surface area contributed by atoms with Crippen LogP contribution in [-0.4, -0.2) is 23.6 Å². The fraction of sp³-hybridized carbons (Fsp3) is 0.500. The average molecular weight is 264 g/mol. The number of hydroxylamine groups is 2. The minimum atomic E-state index is -0.289. The molecule has 2 N–H and O–H groups in total. The summed E-state index contributed by atoms with van der Waals surface area (Å²) < 4.78 is 13.3. The van der Waals surface area contributed by atoms with Crippen molar-refractivity contribution in [3.8, 4) is 0 Å². The second-order valence-corrected chi connectivity index (χ2v) is 5.29. The van der Waals surface area contributed by atoms with Crippen LogP contribution in [0.2, 0.25) is 0 Å². The standard InChI is InChI=1S/C14H17FN2O2/c15-11-3-1-2-9(6-11)13-4-5-19-17(13)14(18)10-7-12(16)8-10/h1-3,6,10,12-13H,4-5,7-8,16H2/t10-,12+,13-/m0/s1. The van der Waals surface area contributed by atoms with Crippen LogP contribution in [0.25, 0.3) is 0 Å². The molecular formula is C14H17FN2O2. The van der Waals surface area contributed by atoms with Crippen molar-refractivity contribution >= 4 is 5.91 Å². The highest BCUT2D eigenvalue weighted by atomic mass is 19.1. The van der Waals surface area contributed by atoms with Crippen molar-refractivity contribution in [2.45, 2.75) is 31.3 Å². The van der Waals surface area contributed by atoms with Crippen LogP contribution in [-0.2, 0) is 9.63 Å². The van der Waals surface area contributed by atoms with Gasteiger partial charge in [0.25, 0.3) is 0 Å². The first-order valence-corrected chi connectivity index (χ1v) is 6.62. The van der Waals surface area contributed by atoms with E-state index in [2.05, 4.69) is 0 Å². The van der Waals surface area contributed by atoms with Gasteiger partial charge in [0.05, 0.1) is 12.6 Å².